The Labute approximate surface area is 97.5 Å². The van der Waals surface area contributed by atoms with Crippen LogP contribution in [0.4, 0.5) is 11.6 Å². The van der Waals surface area contributed by atoms with Gasteiger partial charge in [-0.15, -0.1) is 0 Å². The van der Waals surface area contributed by atoms with Crippen LogP contribution in [0.15, 0.2) is 42.7 Å². The number of anilines is 1. The van der Waals surface area contributed by atoms with Crippen LogP contribution in [-0.2, 0) is 6.54 Å². The number of nitrogens with zero attached hydrogens (tertiary/aromatic N) is 3. The van der Waals surface area contributed by atoms with Crippen molar-refractivity contribution in [2.75, 3.05) is 5.32 Å². The number of hydrogen-bond acceptors (Lipinski definition) is 5. The smallest absolute Gasteiger partial charge is 0.269 e. The van der Waals surface area contributed by atoms with Crippen LogP contribution in [0.3, 0.4) is 0 Å². The highest BCUT2D eigenvalue weighted by atomic mass is 16.6. The monoisotopic (exact) mass is 230 g/mol. The Balaban J connectivity index is 2.04. The lowest BCUT2D eigenvalue weighted by molar-refractivity contribution is -0.384. The number of non-ortho nitro benzene ring substituents is 1. The molecule has 0 saturated carbocycles. The Morgan fingerprint density at radius 1 is 1.24 bits per heavy atom. The quantitative estimate of drug-likeness (QED) is 0.641. The zero-order chi connectivity index (χ0) is 12.1. The van der Waals surface area contributed by atoms with Gasteiger partial charge in [0.25, 0.3) is 5.69 Å². The van der Waals surface area contributed by atoms with Gasteiger partial charge in [-0.1, -0.05) is 12.1 Å². The molecule has 0 unspecified atom stereocenters. The van der Waals surface area contributed by atoms with Crippen molar-refractivity contribution in [3.63, 3.8) is 0 Å². The number of nitrogens with one attached hydrogen (secondary N) is 1. The Morgan fingerprint density at radius 3 is 2.71 bits per heavy atom. The van der Waals surface area contributed by atoms with E-state index in [1.807, 2.05) is 6.07 Å². The summed E-state index contributed by atoms with van der Waals surface area (Å²) in [6.45, 7) is 0.450. The molecular weight excluding hydrogens is 220 g/mol. The first kappa shape index (κ1) is 11.0. The van der Waals surface area contributed by atoms with E-state index in [2.05, 4.69) is 15.3 Å². The number of rotatable bonds is 4. The summed E-state index contributed by atoms with van der Waals surface area (Å²) in [5.41, 5.74) is 0.893. The first-order valence-corrected chi connectivity index (χ1v) is 5.00. The molecule has 0 saturated heterocycles. The van der Waals surface area contributed by atoms with Crippen LogP contribution in [0.25, 0.3) is 0 Å². The van der Waals surface area contributed by atoms with Crippen molar-refractivity contribution in [3.8, 4) is 0 Å². The van der Waals surface area contributed by atoms with Gasteiger partial charge in [-0.05, 0) is 11.6 Å². The number of aromatic nitrogens is 2. The maximum absolute atomic E-state index is 10.6. The molecule has 86 valence electrons. The van der Waals surface area contributed by atoms with Crippen LogP contribution in [0.2, 0.25) is 0 Å². The van der Waals surface area contributed by atoms with Crippen molar-refractivity contribution in [2.24, 2.45) is 0 Å². The number of benzene rings is 1. The van der Waals surface area contributed by atoms with Gasteiger partial charge in [-0.3, -0.25) is 10.1 Å². The summed E-state index contributed by atoms with van der Waals surface area (Å²) in [6, 6.07) is 8.17. The van der Waals surface area contributed by atoms with Crippen molar-refractivity contribution in [1.82, 2.24) is 9.97 Å². The van der Waals surface area contributed by atoms with Gasteiger partial charge < -0.3 is 5.32 Å². The molecule has 0 atom stereocenters. The van der Waals surface area contributed by atoms with Crippen LogP contribution in [0.1, 0.15) is 5.56 Å². The maximum Gasteiger partial charge on any atom is 0.269 e. The minimum Gasteiger partial charge on any atom is -0.350 e. The molecule has 1 heterocycles. The van der Waals surface area contributed by atoms with Crippen LogP contribution < -0.4 is 5.32 Å². The summed E-state index contributed by atoms with van der Waals surface area (Å²) in [5, 5.41) is 13.6. The fourth-order valence-electron chi connectivity index (χ4n) is 1.35. The van der Waals surface area contributed by atoms with Crippen molar-refractivity contribution >= 4 is 11.6 Å². The molecule has 17 heavy (non-hydrogen) atoms. The fourth-order valence-corrected chi connectivity index (χ4v) is 1.35. The predicted molar refractivity (Wildman–Crippen MR) is 62.5 cm³/mol. The van der Waals surface area contributed by atoms with Gasteiger partial charge in [0.1, 0.15) is 0 Å². The molecule has 0 spiro atoms. The van der Waals surface area contributed by atoms with Gasteiger partial charge in [-0.25, -0.2) is 9.97 Å². The van der Waals surface area contributed by atoms with E-state index >= 15 is 0 Å². The molecule has 0 aliphatic heterocycles. The highest BCUT2D eigenvalue weighted by molar-refractivity contribution is 5.36. The summed E-state index contributed by atoms with van der Waals surface area (Å²) in [7, 11) is 0. The lowest BCUT2D eigenvalue weighted by atomic mass is 10.2. The van der Waals surface area contributed by atoms with E-state index in [4.69, 9.17) is 0 Å². The molecule has 1 N–H and O–H groups in total. The first-order chi connectivity index (χ1) is 8.25. The lowest BCUT2D eigenvalue weighted by Gasteiger charge is -2.03. The second-order valence-electron chi connectivity index (χ2n) is 3.35. The third-order valence-electron chi connectivity index (χ3n) is 2.14. The van der Waals surface area contributed by atoms with Gasteiger partial charge in [0.15, 0.2) is 0 Å². The summed E-state index contributed by atoms with van der Waals surface area (Å²) < 4.78 is 0. The van der Waals surface area contributed by atoms with E-state index in [-0.39, 0.29) is 5.69 Å². The van der Waals surface area contributed by atoms with Gasteiger partial charge in [-0.2, -0.15) is 0 Å². The van der Waals surface area contributed by atoms with Crippen molar-refractivity contribution in [1.29, 1.82) is 0 Å². The molecule has 1 aromatic heterocycles. The average Bonchev–Trinajstić information content (AvgIpc) is 2.38. The molecule has 2 aromatic rings. The Morgan fingerprint density at radius 2 is 2.00 bits per heavy atom. The molecule has 2 rings (SSSR count). The molecule has 6 heteroatoms. The molecule has 0 radical (unpaired) electrons. The second-order valence-corrected chi connectivity index (χ2v) is 3.35. The second kappa shape index (κ2) is 5.02. The summed E-state index contributed by atoms with van der Waals surface area (Å²) in [6.07, 6.45) is 3.26. The summed E-state index contributed by atoms with van der Waals surface area (Å²) in [4.78, 5) is 18.2. The van der Waals surface area contributed by atoms with Crippen molar-refractivity contribution in [2.45, 2.75) is 6.54 Å². The SMILES string of the molecule is O=[N+]([O-])c1cccc(CNc2ncccn2)c1. The van der Waals surface area contributed by atoms with E-state index in [9.17, 15) is 10.1 Å². The Hall–Kier alpha value is -2.50. The van der Waals surface area contributed by atoms with Crippen LogP contribution >= 0.6 is 0 Å². The minimum atomic E-state index is -0.414. The fraction of sp³-hybridized carbons (Fsp3) is 0.0909. The molecule has 0 aliphatic rings. The maximum atomic E-state index is 10.6. The van der Waals surface area contributed by atoms with E-state index in [1.54, 1.807) is 24.5 Å². The van der Waals surface area contributed by atoms with Gasteiger partial charge in [0.05, 0.1) is 4.92 Å². The summed E-state index contributed by atoms with van der Waals surface area (Å²) >= 11 is 0. The van der Waals surface area contributed by atoms with Gasteiger partial charge >= 0.3 is 0 Å². The third-order valence-corrected chi connectivity index (χ3v) is 2.14. The minimum absolute atomic E-state index is 0.0817. The van der Waals surface area contributed by atoms with E-state index < -0.39 is 4.92 Å². The zero-order valence-corrected chi connectivity index (χ0v) is 8.91. The molecular formula is C11H10N4O2. The average molecular weight is 230 g/mol. The molecule has 6 nitrogen and oxygen atoms in total. The predicted octanol–water partition coefficient (Wildman–Crippen LogP) is 2.00. The standard InChI is InChI=1S/C11H10N4O2/c16-15(17)10-4-1-3-9(7-10)8-14-11-12-5-2-6-13-11/h1-7H,8H2,(H,12,13,14). The third kappa shape index (κ3) is 2.97. The normalized spacial score (nSPS) is 9.88. The molecule has 0 bridgehead atoms. The first-order valence-electron chi connectivity index (χ1n) is 5.00. The Kier molecular flexibility index (Phi) is 3.25. The topological polar surface area (TPSA) is 81.0 Å². The number of hydrogen-bond donors (Lipinski definition) is 1. The van der Waals surface area contributed by atoms with Crippen LogP contribution in [0, 0.1) is 10.1 Å². The highest BCUT2D eigenvalue weighted by Crippen LogP contribution is 2.13. The summed E-state index contributed by atoms with van der Waals surface area (Å²) in [5.74, 6) is 0.499. The van der Waals surface area contributed by atoms with Crippen LogP contribution in [0.5, 0.6) is 0 Å². The largest absolute Gasteiger partial charge is 0.350 e. The van der Waals surface area contributed by atoms with Crippen molar-refractivity contribution < 1.29 is 4.92 Å². The van der Waals surface area contributed by atoms with Gasteiger partial charge in [0.2, 0.25) is 5.95 Å². The van der Waals surface area contributed by atoms with E-state index in [0.29, 0.717) is 12.5 Å². The molecule has 0 fully saturated rings. The molecule has 1 aromatic carbocycles. The number of nitro benzene ring substituents is 1. The Bertz CT molecular complexity index is 516. The van der Waals surface area contributed by atoms with E-state index in [1.165, 1.54) is 12.1 Å². The van der Waals surface area contributed by atoms with E-state index in [0.717, 1.165) is 5.56 Å². The molecule has 0 aliphatic carbocycles. The van der Waals surface area contributed by atoms with Gasteiger partial charge in [0, 0.05) is 31.1 Å². The number of nitro groups is 1. The zero-order valence-electron chi connectivity index (χ0n) is 8.91. The molecule has 0 amide bonds. The lowest BCUT2D eigenvalue weighted by Crippen LogP contribution is -2.03. The van der Waals surface area contributed by atoms with Crippen molar-refractivity contribution in [3.05, 3.63) is 58.4 Å². The van der Waals surface area contributed by atoms with Crippen LogP contribution in [-0.4, -0.2) is 14.9 Å². The highest BCUT2D eigenvalue weighted by Gasteiger charge is 2.05.